The number of carbonyl (C=O) groups excluding carboxylic acids is 1. The highest BCUT2D eigenvalue weighted by molar-refractivity contribution is 7.20. The Bertz CT molecular complexity index is 963. The third-order valence-electron chi connectivity index (χ3n) is 4.19. The number of aromatic nitrogens is 3. The second-order valence-electron chi connectivity index (χ2n) is 5.94. The molecule has 1 aliphatic heterocycles. The van der Waals surface area contributed by atoms with Crippen LogP contribution in [0.5, 0.6) is 5.88 Å². The maximum atomic E-state index is 12.8. The Kier molecular flexibility index (Phi) is 4.46. The van der Waals surface area contributed by atoms with Crippen LogP contribution in [0.2, 0.25) is 0 Å². The topological polar surface area (TPSA) is 92.0 Å². The number of rotatable bonds is 3. The van der Waals surface area contributed by atoms with Crippen LogP contribution in [-0.2, 0) is 0 Å². The van der Waals surface area contributed by atoms with E-state index in [1.807, 2.05) is 30.3 Å². The number of piperidine rings is 1. The number of carbonyl (C=O) groups is 1. The summed E-state index contributed by atoms with van der Waals surface area (Å²) in [5.41, 5.74) is 0.992. The maximum absolute atomic E-state index is 12.8. The average Bonchev–Trinajstić information content (AvgIpc) is 3.12. The van der Waals surface area contributed by atoms with E-state index in [0.29, 0.717) is 18.1 Å². The summed E-state index contributed by atoms with van der Waals surface area (Å²) >= 11 is 1.40. The maximum Gasteiger partial charge on any atom is 0.282 e. The number of fused-ring (bicyclic) bond motifs is 1. The summed E-state index contributed by atoms with van der Waals surface area (Å²) in [6.45, 7) is 1.11. The van der Waals surface area contributed by atoms with Crippen molar-refractivity contribution in [3.8, 4) is 11.9 Å². The molecule has 1 unspecified atom stereocenters. The molecule has 1 saturated heterocycles. The Hall–Kier alpha value is -3.05. The van der Waals surface area contributed by atoms with Gasteiger partial charge in [0.1, 0.15) is 12.2 Å². The molecule has 3 aromatic rings. The van der Waals surface area contributed by atoms with Crippen molar-refractivity contribution in [3.05, 3.63) is 47.4 Å². The highest BCUT2D eigenvalue weighted by atomic mass is 32.1. The minimum Gasteiger partial charge on any atom is -0.470 e. The van der Waals surface area contributed by atoms with Crippen LogP contribution in [-0.4, -0.2) is 45.0 Å². The van der Waals surface area contributed by atoms with E-state index in [1.54, 1.807) is 4.90 Å². The highest BCUT2D eigenvalue weighted by Gasteiger charge is 2.28. The molecule has 4 rings (SSSR count). The van der Waals surface area contributed by atoms with Gasteiger partial charge in [-0.05, 0) is 25.0 Å². The molecule has 1 amide bonds. The Morgan fingerprint density at radius 2 is 2.15 bits per heavy atom. The molecule has 7 nitrogen and oxygen atoms in total. The first-order valence-electron chi connectivity index (χ1n) is 8.27. The van der Waals surface area contributed by atoms with Crippen LogP contribution in [0.15, 0.2) is 36.7 Å². The van der Waals surface area contributed by atoms with E-state index in [2.05, 4.69) is 15.0 Å². The van der Waals surface area contributed by atoms with Gasteiger partial charge in [0.05, 0.1) is 16.8 Å². The zero-order valence-electron chi connectivity index (χ0n) is 13.8. The first-order valence-corrected chi connectivity index (χ1v) is 9.09. The fourth-order valence-corrected chi connectivity index (χ4v) is 3.90. The van der Waals surface area contributed by atoms with Crippen molar-refractivity contribution in [1.82, 2.24) is 19.9 Å². The minimum absolute atomic E-state index is 0.0841. The fourth-order valence-electron chi connectivity index (χ4n) is 2.96. The molecule has 2 aromatic heterocycles. The van der Waals surface area contributed by atoms with E-state index in [4.69, 9.17) is 10.00 Å². The highest BCUT2D eigenvalue weighted by Crippen LogP contribution is 2.25. The molecule has 0 bridgehead atoms. The van der Waals surface area contributed by atoms with Crippen LogP contribution in [0.25, 0.3) is 10.2 Å². The molecular formula is C18H15N5O2S. The lowest BCUT2D eigenvalue weighted by Crippen LogP contribution is -2.44. The molecule has 3 heterocycles. The molecule has 0 spiro atoms. The molecule has 0 N–H and O–H groups in total. The van der Waals surface area contributed by atoms with Crippen LogP contribution in [0.3, 0.4) is 0 Å². The van der Waals surface area contributed by atoms with E-state index in [-0.39, 0.29) is 23.6 Å². The number of thiazole rings is 1. The van der Waals surface area contributed by atoms with Gasteiger partial charge in [0.15, 0.2) is 5.01 Å². The van der Waals surface area contributed by atoms with E-state index in [0.717, 1.165) is 23.1 Å². The number of likely N-dealkylation sites (tertiary alicyclic amines) is 1. The minimum atomic E-state index is -0.217. The number of nitriles is 1. The Morgan fingerprint density at radius 1 is 1.31 bits per heavy atom. The fraction of sp³-hybridized carbons (Fsp3) is 0.278. The van der Waals surface area contributed by atoms with Gasteiger partial charge in [-0.3, -0.25) is 4.79 Å². The number of hydrogen-bond acceptors (Lipinski definition) is 7. The summed E-state index contributed by atoms with van der Waals surface area (Å²) in [5, 5.41) is 9.59. The van der Waals surface area contributed by atoms with E-state index < -0.39 is 0 Å². The van der Waals surface area contributed by atoms with Gasteiger partial charge in [-0.15, -0.1) is 11.3 Å². The standard InChI is InChI=1S/C18H15N5O2S/c19-10-14-16(21-8-7-20-14)25-12-4-3-9-23(11-12)18(24)17-22-13-5-1-2-6-15(13)26-17/h1-2,5-8,12H,3-4,9,11H2. The van der Waals surface area contributed by atoms with Gasteiger partial charge in [0.2, 0.25) is 5.69 Å². The summed E-state index contributed by atoms with van der Waals surface area (Å²) in [6.07, 6.45) is 4.35. The quantitative estimate of drug-likeness (QED) is 0.708. The normalized spacial score (nSPS) is 17.0. The predicted octanol–water partition coefficient (Wildman–Crippen LogP) is 2.64. The van der Waals surface area contributed by atoms with Gasteiger partial charge in [-0.1, -0.05) is 12.1 Å². The Balaban J connectivity index is 1.49. The first kappa shape index (κ1) is 16.4. The van der Waals surface area contributed by atoms with Crippen molar-refractivity contribution in [2.24, 2.45) is 0 Å². The third kappa shape index (κ3) is 3.21. The van der Waals surface area contributed by atoms with Gasteiger partial charge in [0, 0.05) is 18.9 Å². The van der Waals surface area contributed by atoms with Crippen LogP contribution >= 0.6 is 11.3 Å². The van der Waals surface area contributed by atoms with Crippen LogP contribution in [0.4, 0.5) is 0 Å². The molecule has 1 fully saturated rings. The molecule has 0 radical (unpaired) electrons. The zero-order chi connectivity index (χ0) is 17.9. The summed E-state index contributed by atoms with van der Waals surface area (Å²) < 4.78 is 6.84. The second kappa shape index (κ2) is 7.06. The van der Waals surface area contributed by atoms with Crippen molar-refractivity contribution >= 4 is 27.5 Å². The number of nitrogens with zero attached hydrogens (tertiary/aromatic N) is 5. The van der Waals surface area contributed by atoms with Gasteiger partial charge in [0.25, 0.3) is 11.8 Å². The number of benzene rings is 1. The number of amides is 1. The van der Waals surface area contributed by atoms with E-state index >= 15 is 0 Å². The molecule has 1 aliphatic rings. The summed E-state index contributed by atoms with van der Waals surface area (Å²) in [6, 6.07) is 9.69. The Labute approximate surface area is 153 Å². The van der Waals surface area contributed by atoms with Crippen molar-refractivity contribution in [2.75, 3.05) is 13.1 Å². The zero-order valence-corrected chi connectivity index (χ0v) is 14.6. The largest absolute Gasteiger partial charge is 0.470 e. The second-order valence-corrected chi connectivity index (χ2v) is 6.97. The molecule has 1 atom stereocenters. The number of hydrogen-bond donors (Lipinski definition) is 0. The van der Waals surface area contributed by atoms with Gasteiger partial charge < -0.3 is 9.64 Å². The average molecular weight is 365 g/mol. The SMILES string of the molecule is N#Cc1nccnc1OC1CCCN(C(=O)c2nc3ccccc3s2)C1. The van der Waals surface area contributed by atoms with Gasteiger partial charge in [-0.25, -0.2) is 15.0 Å². The number of para-hydroxylation sites is 1. The van der Waals surface area contributed by atoms with Crippen molar-refractivity contribution < 1.29 is 9.53 Å². The molecule has 0 saturated carbocycles. The molecule has 0 aliphatic carbocycles. The first-order chi connectivity index (χ1) is 12.7. The lowest BCUT2D eigenvalue weighted by atomic mass is 10.1. The number of ether oxygens (including phenoxy) is 1. The van der Waals surface area contributed by atoms with E-state index in [1.165, 1.54) is 23.7 Å². The monoisotopic (exact) mass is 365 g/mol. The van der Waals surface area contributed by atoms with Gasteiger partial charge in [-0.2, -0.15) is 5.26 Å². The molecule has 1 aromatic carbocycles. The summed E-state index contributed by atoms with van der Waals surface area (Å²) in [4.78, 5) is 27.1. The predicted molar refractivity (Wildman–Crippen MR) is 95.9 cm³/mol. The van der Waals surface area contributed by atoms with Crippen LogP contribution in [0, 0.1) is 11.3 Å². The molecule has 8 heteroatoms. The molecule has 130 valence electrons. The summed E-state index contributed by atoms with van der Waals surface area (Å²) in [5.74, 6) is 0.133. The summed E-state index contributed by atoms with van der Waals surface area (Å²) in [7, 11) is 0. The van der Waals surface area contributed by atoms with Crippen LogP contribution in [0.1, 0.15) is 28.3 Å². The smallest absolute Gasteiger partial charge is 0.282 e. The lowest BCUT2D eigenvalue weighted by Gasteiger charge is -2.32. The van der Waals surface area contributed by atoms with Gasteiger partial charge >= 0.3 is 0 Å². The van der Waals surface area contributed by atoms with Crippen molar-refractivity contribution in [2.45, 2.75) is 18.9 Å². The van der Waals surface area contributed by atoms with Crippen molar-refractivity contribution in [3.63, 3.8) is 0 Å². The molecular weight excluding hydrogens is 350 g/mol. The Morgan fingerprint density at radius 3 is 3.00 bits per heavy atom. The third-order valence-corrected chi connectivity index (χ3v) is 5.22. The van der Waals surface area contributed by atoms with Crippen molar-refractivity contribution in [1.29, 1.82) is 5.26 Å². The lowest BCUT2D eigenvalue weighted by molar-refractivity contribution is 0.0526. The van der Waals surface area contributed by atoms with Crippen LogP contribution < -0.4 is 4.74 Å². The van der Waals surface area contributed by atoms with E-state index in [9.17, 15) is 4.79 Å². The molecule has 26 heavy (non-hydrogen) atoms.